The van der Waals surface area contributed by atoms with E-state index in [1.165, 1.54) is 16.2 Å². The molecular weight excluding hydrogens is 349 g/mol. The zero-order chi connectivity index (χ0) is 17.8. The summed E-state index contributed by atoms with van der Waals surface area (Å²) in [5, 5.41) is 1.25. The molecule has 2 aromatic carbocycles. The number of ether oxygens (including phenoxy) is 1. The fourth-order valence-electron chi connectivity index (χ4n) is 3.32. The summed E-state index contributed by atoms with van der Waals surface area (Å²) in [6.07, 6.45) is 0.897. The summed E-state index contributed by atoms with van der Waals surface area (Å²) in [5.41, 5.74) is 0. The Morgan fingerprint density at radius 1 is 1.00 bits per heavy atom. The Morgan fingerprint density at radius 2 is 1.77 bits per heavy atom. The van der Waals surface area contributed by atoms with Crippen molar-refractivity contribution in [3.8, 4) is 5.75 Å². The molecule has 1 fully saturated rings. The Kier molecular flexibility index (Phi) is 5.32. The van der Waals surface area contributed by atoms with E-state index < -0.39 is 0 Å². The second kappa shape index (κ2) is 8.01. The van der Waals surface area contributed by atoms with Crippen LogP contribution >= 0.6 is 11.5 Å². The van der Waals surface area contributed by atoms with Crippen molar-refractivity contribution in [3.05, 3.63) is 54.3 Å². The van der Waals surface area contributed by atoms with Crippen LogP contribution in [0.4, 0.5) is 10.2 Å². The Bertz CT molecular complexity index is 861. The van der Waals surface area contributed by atoms with Gasteiger partial charge in [0.2, 0.25) is 0 Å². The first-order valence-corrected chi connectivity index (χ1v) is 9.77. The molecule has 0 radical (unpaired) electrons. The number of aromatic nitrogens is 1. The topological polar surface area (TPSA) is 28.6 Å². The molecular formula is C20H22FN3OS. The van der Waals surface area contributed by atoms with Crippen LogP contribution < -0.4 is 9.64 Å². The van der Waals surface area contributed by atoms with E-state index in [4.69, 9.17) is 4.74 Å². The predicted octanol–water partition coefficient (Wildman–Crippen LogP) is 4.03. The fourth-order valence-corrected chi connectivity index (χ4v) is 4.11. The number of piperazine rings is 1. The first kappa shape index (κ1) is 17.2. The molecule has 0 aliphatic carbocycles. The van der Waals surface area contributed by atoms with Crippen molar-refractivity contribution < 1.29 is 9.13 Å². The Hall–Kier alpha value is -2.18. The molecule has 26 heavy (non-hydrogen) atoms. The minimum absolute atomic E-state index is 0.295. The van der Waals surface area contributed by atoms with Gasteiger partial charge in [-0.05, 0) is 42.2 Å². The fraction of sp³-hybridized carbons (Fsp3) is 0.350. The van der Waals surface area contributed by atoms with Gasteiger partial charge in [-0.15, -0.1) is 0 Å². The van der Waals surface area contributed by atoms with E-state index in [2.05, 4.69) is 38.4 Å². The minimum Gasteiger partial charge on any atom is -0.490 e. The summed E-state index contributed by atoms with van der Waals surface area (Å²) in [4.78, 5) is 4.82. The third-order valence-corrected chi connectivity index (χ3v) is 5.56. The van der Waals surface area contributed by atoms with Crippen LogP contribution in [-0.2, 0) is 0 Å². The maximum Gasteiger partial charge on any atom is 0.165 e. The van der Waals surface area contributed by atoms with Crippen molar-refractivity contribution >= 4 is 27.4 Å². The molecule has 0 spiro atoms. The Morgan fingerprint density at radius 3 is 2.62 bits per heavy atom. The second-order valence-corrected chi connectivity index (χ2v) is 7.27. The van der Waals surface area contributed by atoms with Gasteiger partial charge in [-0.3, -0.25) is 4.90 Å². The highest BCUT2D eigenvalue weighted by Crippen LogP contribution is 2.29. The van der Waals surface area contributed by atoms with Crippen LogP contribution in [0.2, 0.25) is 0 Å². The number of nitrogens with zero attached hydrogens (tertiary/aromatic N) is 3. The zero-order valence-electron chi connectivity index (χ0n) is 14.6. The third-order valence-electron chi connectivity index (χ3n) is 4.74. The quantitative estimate of drug-likeness (QED) is 0.612. The molecule has 1 saturated heterocycles. The van der Waals surface area contributed by atoms with E-state index in [-0.39, 0.29) is 5.82 Å². The highest BCUT2D eigenvalue weighted by atomic mass is 32.1. The maximum absolute atomic E-state index is 13.5. The van der Waals surface area contributed by atoms with E-state index in [1.54, 1.807) is 29.7 Å². The van der Waals surface area contributed by atoms with Crippen LogP contribution in [0.1, 0.15) is 6.42 Å². The summed E-state index contributed by atoms with van der Waals surface area (Å²) < 4.78 is 24.9. The second-order valence-electron chi connectivity index (χ2n) is 6.46. The summed E-state index contributed by atoms with van der Waals surface area (Å²) >= 11 is 1.57. The molecule has 4 rings (SSSR count). The molecule has 6 heteroatoms. The van der Waals surface area contributed by atoms with Gasteiger partial charge in [0.1, 0.15) is 5.82 Å². The predicted molar refractivity (Wildman–Crippen MR) is 105 cm³/mol. The molecule has 1 aliphatic rings. The first-order chi connectivity index (χ1) is 12.8. The van der Waals surface area contributed by atoms with E-state index in [1.807, 2.05) is 0 Å². The summed E-state index contributed by atoms with van der Waals surface area (Å²) in [6.45, 7) is 5.53. The van der Waals surface area contributed by atoms with E-state index in [0.29, 0.717) is 12.4 Å². The highest BCUT2D eigenvalue weighted by Gasteiger charge is 2.20. The first-order valence-electron chi connectivity index (χ1n) is 9.00. The van der Waals surface area contributed by atoms with Gasteiger partial charge in [0.05, 0.1) is 11.3 Å². The Balaban J connectivity index is 1.23. The number of hydrogen-bond acceptors (Lipinski definition) is 5. The lowest BCUT2D eigenvalue weighted by Gasteiger charge is -2.35. The molecule has 136 valence electrons. The summed E-state index contributed by atoms with van der Waals surface area (Å²) in [6, 6.07) is 15.0. The van der Waals surface area contributed by atoms with E-state index in [9.17, 15) is 4.39 Å². The molecule has 0 saturated carbocycles. The van der Waals surface area contributed by atoms with Gasteiger partial charge >= 0.3 is 0 Å². The summed E-state index contributed by atoms with van der Waals surface area (Å²) in [7, 11) is 0. The molecule has 0 unspecified atom stereocenters. The van der Waals surface area contributed by atoms with Crippen LogP contribution in [-0.4, -0.2) is 48.6 Å². The third kappa shape index (κ3) is 3.81. The molecule has 1 aromatic heterocycles. The highest BCUT2D eigenvalue weighted by molar-refractivity contribution is 7.13. The average molecular weight is 371 g/mol. The molecule has 4 nitrogen and oxygen atoms in total. The zero-order valence-corrected chi connectivity index (χ0v) is 15.4. The monoisotopic (exact) mass is 371 g/mol. The van der Waals surface area contributed by atoms with Gasteiger partial charge in [-0.1, -0.05) is 24.3 Å². The normalized spacial score (nSPS) is 15.5. The lowest BCUT2D eigenvalue weighted by Crippen LogP contribution is -2.47. The molecule has 3 aromatic rings. The van der Waals surface area contributed by atoms with Crippen molar-refractivity contribution in [1.29, 1.82) is 0 Å². The molecule has 1 aliphatic heterocycles. The van der Waals surface area contributed by atoms with Gasteiger partial charge in [0.15, 0.2) is 11.6 Å². The SMILES string of the molecule is Fc1ccccc1OCCCN1CCN(c2nsc3ccccc23)CC1. The molecule has 0 N–H and O–H groups in total. The average Bonchev–Trinajstić information content (AvgIpc) is 3.11. The number of para-hydroxylation sites is 1. The number of fused-ring (bicyclic) bond motifs is 1. The van der Waals surface area contributed by atoms with Crippen molar-refractivity contribution in [1.82, 2.24) is 9.27 Å². The van der Waals surface area contributed by atoms with Crippen LogP contribution in [0.3, 0.4) is 0 Å². The number of rotatable bonds is 6. The van der Waals surface area contributed by atoms with E-state index >= 15 is 0 Å². The summed E-state index contributed by atoms with van der Waals surface area (Å²) in [5.74, 6) is 1.16. The number of anilines is 1. The van der Waals surface area contributed by atoms with Gasteiger partial charge in [-0.2, -0.15) is 4.37 Å². The van der Waals surface area contributed by atoms with Crippen LogP contribution in [0.25, 0.3) is 10.1 Å². The van der Waals surface area contributed by atoms with Gasteiger partial charge in [-0.25, -0.2) is 4.39 Å². The van der Waals surface area contributed by atoms with Gasteiger partial charge in [0, 0.05) is 38.1 Å². The maximum atomic E-state index is 13.5. The van der Waals surface area contributed by atoms with Crippen LogP contribution in [0.5, 0.6) is 5.75 Å². The number of hydrogen-bond donors (Lipinski definition) is 0. The van der Waals surface area contributed by atoms with Gasteiger partial charge < -0.3 is 9.64 Å². The lowest BCUT2D eigenvalue weighted by atomic mass is 10.2. The minimum atomic E-state index is -0.295. The van der Waals surface area contributed by atoms with Crippen LogP contribution in [0, 0.1) is 5.82 Å². The van der Waals surface area contributed by atoms with Crippen LogP contribution in [0.15, 0.2) is 48.5 Å². The number of benzene rings is 2. The molecule has 0 amide bonds. The molecule has 0 atom stereocenters. The molecule has 2 heterocycles. The van der Waals surface area contributed by atoms with Crippen molar-refractivity contribution in [2.24, 2.45) is 0 Å². The lowest BCUT2D eigenvalue weighted by molar-refractivity contribution is 0.221. The number of halogens is 1. The van der Waals surface area contributed by atoms with Gasteiger partial charge in [0.25, 0.3) is 0 Å². The largest absolute Gasteiger partial charge is 0.490 e. The smallest absolute Gasteiger partial charge is 0.165 e. The molecule has 0 bridgehead atoms. The van der Waals surface area contributed by atoms with Crippen molar-refractivity contribution in [2.45, 2.75) is 6.42 Å². The van der Waals surface area contributed by atoms with Crippen molar-refractivity contribution in [2.75, 3.05) is 44.2 Å². The standard InChI is InChI=1S/C20H22FN3OS/c21-17-7-2-3-8-18(17)25-15-5-10-23-11-13-24(14-12-23)20-16-6-1-4-9-19(16)26-22-20/h1-4,6-9H,5,10-15H2. The Labute approximate surface area is 157 Å². The van der Waals surface area contributed by atoms with E-state index in [0.717, 1.165) is 45.0 Å². The van der Waals surface area contributed by atoms with Crippen molar-refractivity contribution in [3.63, 3.8) is 0 Å².